The highest BCUT2D eigenvalue weighted by Crippen LogP contribution is 2.27. The second kappa shape index (κ2) is 8.97. The predicted molar refractivity (Wildman–Crippen MR) is 108 cm³/mol. The van der Waals surface area contributed by atoms with Crippen molar-refractivity contribution >= 4 is 39.2 Å². The van der Waals surface area contributed by atoms with Crippen molar-refractivity contribution in [2.45, 2.75) is 26.5 Å². The minimum atomic E-state index is -0.248. The molecule has 2 aromatic rings. The van der Waals surface area contributed by atoms with Crippen molar-refractivity contribution in [1.29, 1.82) is 0 Å². The first kappa shape index (κ1) is 19.4. The van der Waals surface area contributed by atoms with Gasteiger partial charge in [-0.25, -0.2) is 0 Å². The molecular formula is C19H21BrN2O2S. The van der Waals surface area contributed by atoms with Gasteiger partial charge < -0.3 is 9.64 Å². The van der Waals surface area contributed by atoms with Crippen LogP contribution >= 0.6 is 28.1 Å². The van der Waals surface area contributed by atoms with E-state index in [1.54, 1.807) is 18.2 Å². The second-order valence-electron chi connectivity index (χ2n) is 5.91. The van der Waals surface area contributed by atoms with E-state index in [0.717, 1.165) is 10.0 Å². The van der Waals surface area contributed by atoms with Crippen LogP contribution in [0.4, 0.5) is 0 Å². The van der Waals surface area contributed by atoms with E-state index in [9.17, 15) is 4.79 Å². The van der Waals surface area contributed by atoms with E-state index < -0.39 is 0 Å². The minimum Gasteiger partial charge on any atom is -0.490 e. The van der Waals surface area contributed by atoms with Gasteiger partial charge in [0.1, 0.15) is 5.75 Å². The van der Waals surface area contributed by atoms with Crippen LogP contribution in [0.5, 0.6) is 5.75 Å². The number of rotatable bonds is 5. The van der Waals surface area contributed by atoms with Crippen LogP contribution in [0, 0.1) is 0 Å². The third-order valence-electron chi connectivity index (χ3n) is 3.39. The summed E-state index contributed by atoms with van der Waals surface area (Å²) in [5.41, 5.74) is 1.64. The van der Waals surface area contributed by atoms with Gasteiger partial charge >= 0.3 is 0 Å². The highest BCUT2D eigenvalue weighted by atomic mass is 79.9. The van der Waals surface area contributed by atoms with Crippen molar-refractivity contribution in [1.82, 2.24) is 10.2 Å². The Morgan fingerprint density at radius 1 is 1.24 bits per heavy atom. The number of ether oxygens (including phenoxy) is 1. The summed E-state index contributed by atoms with van der Waals surface area (Å²) in [6.07, 6.45) is 0.0650. The summed E-state index contributed by atoms with van der Waals surface area (Å²) in [6.45, 7) is 4.53. The summed E-state index contributed by atoms with van der Waals surface area (Å²) in [4.78, 5) is 14.2. The Labute approximate surface area is 162 Å². The fourth-order valence-electron chi connectivity index (χ4n) is 2.19. The summed E-state index contributed by atoms with van der Waals surface area (Å²) < 4.78 is 6.39. The standard InChI is InChI=1S/C19H21BrN2O2S/c1-13(2)24-17-10-9-15(11-16(17)20)18(23)21-19(25)22(3)12-14-7-5-4-6-8-14/h4-11,13H,12H2,1-3H3,(H,21,23,25). The molecule has 0 atom stereocenters. The van der Waals surface area contributed by atoms with E-state index in [1.165, 1.54) is 0 Å². The van der Waals surface area contributed by atoms with Crippen molar-refractivity contribution in [2.24, 2.45) is 0 Å². The molecule has 132 valence electrons. The highest BCUT2D eigenvalue weighted by Gasteiger charge is 2.13. The Balaban J connectivity index is 1.98. The van der Waals surface area contributed by atoms with Crippen molar-refractivity contribution < 1.29 is 9.53 Å². The van der Waals surface area contributed by atoms with Crippen LogP contribution in [0.2, 0.25) is 0 Å². The fourth-order valence-corrected chi connectivity index (χ4v) is 2.81. The number of hydrogen-bond donors (Lipinski definition) is 1. The number of hydrogen-bond acceptors (Lipinski definition) is 3. The van der Waals surface area contributed by atoms with Gasteiger partial charge in [-0.05, 0) is 65.8 Å². The van der Waals surface area contributed by atoms with Crippen molar-refractivity contribution in [3.05, 3.63) is 64.1 Å². The summed E-state index contributed by atoms with van der Waals surface area (Å²) in [5.74, 6) is 0.456. The van der Waals surface area contributed by atoms with Crippen LogP contribution in [0.25, 0.3) is 0 Å². The Morgan fingerprint density at radius 2 is 1.92 bits per heavy atom. The Kier molecular flexibility index (Phi) is 6.96. The van der Waals surface area contributed by atoms with E-state index in [2.05, 4.69) is 21.2 Å². The molecule has 1 N–H and O–H groups in total. The molecule has 0 aliphatic carbocycles. The number of amides is 1. The maximum absolute atomic E-state index is 12.4. The zero-order chi connectivity index (χ0) is 18.4. The molecule has 0 unspecified atom stereocenters. The quantitative estimate of drug-likeness (QED) is 0.728. The molecule has 0 aliphatic rings. The lowest BCUT2D eigenvalue weighted by molar-refractivity contribution is 0.0973. The lowest BCUT2D eigenvalue weighted by Gasteiger charge is -2.20. The van der Waals surface area contributed by atoms with Crippen molar-refractivity contribution in [2.75, 3.05) is 7.05 Å². The van der Waals surface area contributed by atoms with Gasteiger partial charge in [0.15, 0.2) is 5.11 Å². The van der Waals surface area contributed by atoms with Gasteiger partial charge in [0.25, 0.3) is 5.91 Å². The van der Waals surface area contributed by atoms with Crippen molar-refractivity contribution in [3.63, 3.8) is 0 Å². The molecule has 0 aliphatic heterocycles. The van der Waals surface area contributed by atoms with Gasteiger partial charge in [0.2, 0.25) is 0 Å². The smallest absolute Gasteiger partial charge is 0.257 e. The average Bonchev–Trinajstić information content (AvgIpc) is 2.57. The van der Waals surface area contributed by atoms with Gasteiger partial charge in [0.05, 0.1) is 10.6 Å². The monoisotopic (exact) mass is 420 g/mol. The molecule has 25 heavy (non-hydrogen) atoms. The zero-order valence-corrected chi connectivity index (χ0v) is 16.9. The molecule has 2 rings (SSSR count). The molecule has 0 aromatic heterocycles. The van der Waals surface area contributed by atoms with E-state index in [4.69, 9.17) is 17.0 Å². The fraction of sp³-hybridized carbons (Fsp3) is 0.263. The molecule has 0 spiro atoms. The molecule has 0 radical (unpaired) electrons. The number of halogens is 1. The van der Waals surface area contributed by atoms with Gasteiger partial charge in [-0.1, -0.05) is 30.3 Å². The Morgan fingerprint density at radius 3 is 2.52 bits per heavy atom. The van der Waals surface area contributed by atoms with Gasteiger partial charge in [0, 0.05) is 19.2 Å². The van der Waals surface area contributed by atoms with Gasteiger partial charge in [-0.3, -0.25) is 10.1 Å². The topological polar surface area (TPSA) is 41.6 Å². The molecule has 0 bridgehead atoms. The lowest BCUT2D eigenvalue weighted by Crippen LogP contribution is -2.40. The molecule has 0 heterocycles. The first-order valence-electron chi connectivity index (χ1n) is 7.93. The largest absolute Gasteiger partial charge is 0.490 e. The van der Waals surface area contributed by atoms with Crippen LogP contribution in [-0.2, 0) is 6.54 Å². The molecule has 0 saturated heterocycles. The zero-order valence-electron chi connectivity index (χ0n) is 14.5. The van der Waals surface area contributed by atoms with Gasteiger partial charge in [-0.15, -0.1) is 0 Å². The molecule has 6 heteroatoms. The summed E-state index contributed by atoms with van der Waals surface area (Å²) in [5, 5.41) is 3.14. The number of nitrogens with zero attached hydrogens (tertiary/aromatic N) is 1. The first-order valence-corrected chi connectivity index (χ1v) is 9.13. The highest BCUT2D eigenvalue weighted by molar-refractivity contribution is 9.10. The Bertz CT molecular complexity index is 750. The van der Waals surface area contributed by atoms with Crippen LogP contribution in [0.3, 0.4) is 0 Å². The maximum Gasteiger partial charge on any atom is 0.257 e. The molecular weight excluding hydrogens is 400 g/mol. The SMILES string of the molecule is CC(C)Oc1ccc(C(=O)NC(=S)N(C)Cc2ccccc2)cc1Br. The normalized spacial score (nSPS) is 10.4. The van der Waals surface area contributed by atoms with E-state index in [1.807, 2.05) is 56.1 Å². The van der Waals surface area contributed by atoms with Crippen molar-refractivity contribution in [3.8, 4) is 5.75 Å². The third kappa shape index (κ3) is 5.83. The number of carbonyl (C=O) groups is 1. The van der Waals surface area contributed by atoms with E-state index in [0.29, 0.717) is 23.0 Å². The number of benzene rings is 2. The number of nitrogens with one attached hydrogen (secondary N) is 1. The number of thiocarbonyl (C=S) groups is 1. The lowest BCUT2D eigenvalue weighted by atomic mass is 10.2. The molecule has 0 fully saturated rings. The summed E-state index contributed by atoms with van der Waals surface area (Å²) in [7, 11) is 1.85. The maximum atomic E-state index is 12.4. The van der Waals surface area contributed by atoms with Crippen LogP contribution < -0.4 is 10.1 Å². The number of carbonyl (C=O) groups excluding carboxylic acids is 1. The van der Waals surface area contributed by atoms with Crippen LogP contribution in [0.1, 0.15) is 29.8 Å². The summed E-state index contributed by atoms with van der Waals surface area (Å²) >= 11 is 8.76. The minimum absolute atomic E-state index is 0.0650. The van der Waals surface area contributed by atoms with E-state index >= 15 is 0 Å². The predicted octanol–water partition coefficient (Wildman–Crippen LogP) is 4.38. The van der Waals surface area contributed by atoms with Crippen LogP contribution in [-0.4, -0.2) is 29.1 Å². The van der Waals surface area contributed by atoms with Crippen LogP contribution in [0.15, 0.2) is 53.0 Å². The Hall–Kier alpha value is -1.92. The molecule has 0 saturated carbocycles. The summed E-state index contributed by atoms with van der Waals surface area (Å²) in [6, 6.07) is 15.2. The first-order chi connectivity index (χ1) is 11.9. The molecule has 1 amide bonds. The average molecular weight is 421 g/mol. The molecule has 4 nitrogen and oxygen atoms in total. The van der Waals surface area contributed by atoms with E-state index in [-0.39, 0.29) is 12.0 Å². The molecule has 2 aromatic carbocycles. The second-order valence-corrected chi connectivity index (χ2v) is 7.15. The third-order valence-corrected chi connectivity index (χ3v) is 4.42. The van der Waals surface area contributed by atoms with Gasteiger partial charge in [-0.2, -0.15) is 0 Å².